The standard InChI is InChI=1S/C20H23NO4/c1-14-3-10-18(11-4-14)25-15(2)13-21-19(22)12-7-16-5-8-17(9-6-16)20(23)24/h3-6,8-11,15H,7,12-13H2,1-2H3,(H,21,22)(H,23,24). The molecule has 0 fully saturated rings. The quantitative estimate of drug-likeness (QED) is 0.773. The summed E-state index contributed by atoms with van der Waals surface area (Å²) in [6, 6.07) is 14.4. The Morgan fingerprint density at radius 3 is 2.32 bits per heavy atom. The number of benzene rings is 2. The van der Waals surface area contributed by atoms with Crippen LogP contribution in [-0.2, 0) is 11.2 Å². The fraction of sp³-hybridized carbons (Fsp3) is 0.300. The molecule has 5 heteroatoms. The molecule has 0 saturated carbocycles. The Morgan fingerprint density at radius 2 is 1.72 bits per heavy atom. The van der Waals surface area contributed by atoms with Gasteiger partial charge in [-0.25, -0.2) is 4.79 Å². The molecule has 1 amide bonds. The van der Waals surface area contributed by atoms with E-state index in [0.29, 0.717) is 19.4 Å². The van der Waals surface area contributed by atoms with Crippen molar-refractivity contribution < 1.29 is 19.4 Å². The molecule has 0 aromatic heterocycles. The van der Waals surface area contributed by atoms with Crippen LogP contribution in [0.4, 0.5) is 0 Å². The van der Waals surface area contributed by atoms with Gasteiger partial charge in [-0.05, 0) is 50.1 Å². The van der Waals surface area contributed by atoms with Crippen molar-refractivity contribution in [3.63, 3.8) is 0 Å². The van der Waals surface area contributed by atoms with Crippen molar-refractivity contribution in [3.8, 4) is 5.75 Å². The zero-order valence-electron chi connectivity index (χ0n) is 14.5. The van der Waals surface area contributed by atoms with Crippen LogP contribution in [0.5, 0.6) is 5.75 Å². The van der Waals surface area contributed by atoms with Crippen LogP contribution in [-0.4, -0.2) is 29.6 Å². The second-order valence-electron chi connectivity index (χ2n) is 6.05. The van der Waals surface area contributed by atoms with E-state index < -0.39 is 5.97 Å². The van der Waals surface area contributed by atoms with E-state index in [1.165, 1.54) is 5.56 Å². The largest absolute Gasteiger partial charge is 0.489 e. The number of hydrogen-bond donors (Lipinski definition) is 2. The van der Waals surface area contributed by atoms with E-state index in [0.717, 1.165) is 11.3 Å². The first kappa shape index (κ1) is 18.5. The minimum atomic E-state index is -0.952. The number of rotatable bonds is 8. The van der Waals surface area contributed by atoms with Crippen LogP contribution in [0.25, 0.3) is 0 Å². The summed E-state index contributed by atoms with van der Waals surface area (Å²) < 4.78 is 5.75. The highest BCUT2D eigenvalue weighted by Gasteiger charge is 2.08. The molecule has 0 heterocycles. The van der Waals surface area contributed by atoms with Crippen molar-refractivity contribution in [2.45, 2.75) is 32.8 Å². The van der Waals surface area contributed by atoms with Crippen LogP contribution in [0.2, 0.25) is 0 Å². The van der Waals surface area contributed by atoms with Gasteiger partial charge in [-0.2, -0.15) is 0 Å². The summed E-state index contributed by atoms with van der Waals surface area (Å²) in [4.78, 5) is 22.7. The van der Waals surface area contributed by atoms with Gasteiger partial charge in [0.15, 0.2) is 0 Å². The molecule has 132 valence electrons. The summed E-state index contributed by atoms with van der Waals surface area (Å²) in [7, 11) is 0. The fourth-order valence-corrected chi connectivity index (χ4v) is 2.31. The lowest BCUT2D eigenvalue weighted by Gasteiger charge is -2.15. The molecule has 5 nitrogen and oxygen atoms in total. The molecule has 0 saturated heterocycles. The number of ether oxygens (including phenoxy) is 1. The molecule has 0 aliphatic rings. The van der Waals surface area contributed by atoms with E-state index >= 15 is 0 Å². The average Bonchev–Trinajstić information content (AvgIpc) is 2.60. The van der Waals surface area contributed by atoms with Gasteiger partial charge in [0.25, 0.3) is 0 Å². The van der Waals surface area contributed by atoms with Crippen LogP contribution >= 0.6 is 0 Å². The third-order valence-electron chi connectivity index (χ3n) is 3.79. The molecule has 0 bridgehead atoms. The summed E-state index contributed by atoms with van der Waals surface area (Å²) in [5.41, 5.74) is 2.35. The van der Waals surface area contributed by atoms with E-state index in [1.54, 1.807) is 24.3 Å². The molecule has 25 heavy (non-hydrogen) atoms. The van der Waals surface area contributed by atoms with Crippen molar-refractivity contribution in [1.82, 2.24) is 5.32 Å². The van der Waals surface area contributed by atoms with E-state index in [9.17, 15) is 9.59 Å². The molecular weight excluding hydrogens is 318 g/mol. The smallest absolute Gasteiger partial charge is 0.335 e. The SMILES string of the molecule is Cc1ccc(OC(C)CNC(=O)CCc2ccc(C(=O)O)cc2)cc1. The number of hydrogen-bond acceptors (Lipinski definition) is 3. The molecule has 2 aromatic rings. The van der Waals surface area contributed by atoms with Crippen LogP contribution in [0.15, 0.2) is 48.5 Å². The summed E-state index contributed by atoms with van der Waals surface area (Å²) in [6.45, 7) is 4.36. The van der Waals surface area contributed by atoms with Gasteiger partial charge >= 0.3 is 5.97 Å². The first-order chi connectivity index (χ1) is 11.9. The lowest BCUT2D eigenvalue weighted by Crippen LogP contribution is -2.33. The van der Waals surface area contributed by atoms with Crippen LogP contribution in [0.3, 0.4) is 0 Å². The molecule has 0 aliphatic heterocycles. The third kappa shape index (κ3) is 6.30. The highest BCUT2D eigenvalue weighted by molar-refractivity contribution is 5.87. The van der Waals surface area contributed by atoms with Crippen LogP contribution in [0, 0.1) is 6.92 Å². The second kappa shape index (κ2) is 8.87. The minimum Gasteiger partial charge on any atom is -0.489 e. The van der Waals surface area contributed by atoms with Gasteiger partial charge in [-0.15, -0.1) is 0 Å². The molecule has 2 aromatic carbocycles. The van der Waals surface area contributed by atoms with E-state index in [2.05, 4.69) is 5.32 Å². The molecule has 0 aliphatic carbocycles. The highest BCUT2D eigenvalue weighted by atomic mass is 16.5. The van der Waals surface area contributed by atoms with Crippen molar-refractivity contribution in [2.75, 3.05) is 6.54 Å². The third-order valence-corrected chi connectivity index (χ3v) is 3.79. The Balaban J connectivity index is 1.71. The number of carboxylic acid groups (broad SMARTS) is 1. The maximum absolute atomic E-state index is 11.9. The molecule has 0 radical (unpaired) electrons. The summed E-state index contributed by atoms with van der Waals surface area (Å²) in [5, 5.41) is 11.7. The Bertz CT molecular complexity index is 707. The van der Waals surface area contributed by atoms with E-state index in [1.807, 2.05) is 38.1 Å². The van der Waals surface area contributed by atoms with Gasteiger partial charge in [-0.1, -0.05) is 29.8 Å². The van der Waals surface area contributed by atoms with Crippen molar-refractivity contribution in [3.05, 3.63) is 65.2 Å². The van der Waals surface area contributed by atoms with Gasteiger partial charge in [0.1, 0.15) is 11.9 Å². The maximum atomic E-state index is 11.9. The molecule has 1 unspecified atom stereocenters. The second-order valence-corrected chi connectivity index (χ2v) is 6.05. The number of aromatic carboxylic acids is 1. The van der Waals surface area contributed by atoms with Gasteiger partial charge in [0.2, 0.25) is 5.91 Å². The molecular formula is C20H23NO4. The first-order valence-corrected chi connectivity index (χ1v) is 8.26. The molecule has 2 rings (SSSR count). The van der Waals surface area contributed by atoms with Crippen molar-refractivity contribution in [2.24, 2.45) is 0 Å². The van der Waals surface area contributed by atoms with Crippen LogP contribution < -0.4 is 10.1 Å². The zero-order valence-corrected chi connectivity index (χ0v) is 14.5. The first-order valence-electron chi connectivity index (χ1n) is 8.26. The number of nitrogens with one attached hydrogen (secondary N) is 1. The maximum Gasteiger partial charge on any atom is 0.335 e. The van der Waals surface area contributed by atoms with Gasteiger partial charge in [0.05, 0.1) is 12.1 Å². The molecule has 2 N–H and O–H groups in total. The summed E-state index contributed by atoms with van der Waals surface area (Å²) in [5.74, 6) is -0.223. The predicted molar refractivity (Wildman–Crippen MR) is 96.0 cm³/mol. The molecule has 1 atom stereocenters. The monoisotopic (exact) mass is 341 g/mol. The number of aryl methyl sites for hydroxylation is 2. The Morgan fingerprint density at radius 1 is 1.08 bits per heavy atom. The van der Waals surface area contributed by atoms with Crippen molar-refractivity contribution >= 4 is 11.9 Å². The number of carboxylic acids is 1. The zero-order chi connectivity index (χ0) is 18.2. The van der Waals surface area contributed by atoms with E-state index in [4.69, 9.17) is 9.84 Å². The van der Waals surface area contributed by atoms with Gasteiger partial charge in [0, 0.05) is 6.42 Å². The average molecular weight is 341 g/mol. The van der Waals surface area contributed by atoms with Crippen molar-refractivity contribution in [1.29, 1.82) is 0 Å². The van der Waals surface area contributed by atoms with Crippen LogP contribution in [0.1, 0.15) is 34.8 Å². The Hall–Kier alpha value is -2.82. The summed E-state index contributed by atoms with van der Waals surface area (Å²) in [6.07, 6.45) is 0.796. The number of amides is 1. The summed E-state index contributed by atoms with van der Waals surface area (Å²) >= 11 is 0. The highest BCUT2D eigenvalue weighted by Crippen LogP contribution is 2.13. The van der Waals surface area contributed by atoms with Gasteiger partial charge < -0.3 is 15.2 Å². The predicted octanol–water partition coefficient (Wildman–Crippen LogP) is 3.21. The fourth-order valence-electron chi connectivity index (χ4n) is 2.31. The Labute approximate surface area is 147 Å². The number of carbonyl (C=O) groups excluding carboxylic acids is 1. The lowest BCUT2D eigenvalue weighted by molar-refractivity contribution is -0.121. The lowest BCUT2D eigenvalue weighted by atomic mass is 10.1. The number of carbonyl (C=O) groups is 2. The minimum absolute atomic E-state index is 0.0540. The Kier molecular flexibility index (Phi) is 6.57. The topological polar surface area (TPSA) is 75.6 Å². The van der Waals surface area contributed by atoms with E-state index in [-0.39, 0.29) is 17.6 Å². The normalized spacial score (nSPS) is 11.6. The molecule has 0 spiro atoms. The van der Waals surface area contributed by atoms with Gasteiger partial charge in [-0.3, -0.25) is 4.79 Å².